The SMILES string of the molecule is COc1cc(C=CC(=O)N[C@H]2CC[C@H](C)CC2)ccc1OCCCC(=O)O. The molecule has 0 saturated heterocycles. The molecule has 148 valence electrons. The average Bonchev–Trinajstić information content (AvgIpc) is 2.65. The van der Waals surface area contributed by atoms with E-state index in [0.29, 0.717) is 24.5 Å². The van der Waals surface area contributed by atoms with Gasteiger partial charge in [-0.15, -0.1) is 0 Å². The van der Waals surface area contributed by atoms with E-state index in [1.54, 1.807) is 31.4 Å². The van der Waals surface area contributed by atoms with Crippen LogP contribution in [0.4, 0.5) is 0 Å². The average molecular weight is 375 g/mol. The lowest BCUT2D eigenvalue weighted by molar-refractivity contribution is -0.137. The number of carboxylic acids is 1. The quantitative estimate of drug-likeness (QED) is 0.508. The minimum absolute atomic E-state index is 0.0676. The van der Waals surface area contributed by atoms with E-state index in [4.69, 9.17) is 14.6 Å². The van der Waals surface area contributed by atoms with Crippen LogP contribution in [-0.4, -0.2) is 36.7 Å². The predicted octanol–water partition coefficient (Wildman–Crippen LogP) is 3.65. The van der Waals surface area contributed by atoms with Gasteiger partial charge < -0.3 is 19.9 Å². The van der Waals surface area contributed by atoms with Crippen molar-refractivity contribution in [2.45, 2.75) is 51.5 Å². The van der Waals surface area contributed by atoms with Crippen molar-refractivity contribution in [1.82, 2.24) is 5.32 Å². The molecule has 0 bridgehead atoms. The molecular weight excluding hydrogens is 346 g/mol. The summed E-state index contributed by atoms with van der Waals surface area (Å²) in [6.07, 6.45) is 8.21. The Balaban J connectivity index is 1.87. The fourth-order valence-corrected chi connectivity index (χ4v) is 3.14. The number of aliphatic carboxylic acids is 1. The molecular formula is C21H29NO5. The van der Waals surface area contributed by atoms with E-state index < -0.39 is 5.97 Å². The van der Waals surface area contributed by atoms with E-state index in [0.717, 1.165) is 24.3 Å². The smallest absolute Gasteiger partial charge is 0.303 e. The third-order valence-electron chi connectivity index (χ3n) is 4.77. The predicted molar refractivity (Wildman–Crippen MR) is 104 cm³/mol. The molecule has 0 radical (unpaired) electrons. The van der Waals surface area contributed by atoms with Crippen LogP contribution in [0, 0.1) is 5.92 Å². The van der Waals surface area contributed by atoms with Crippen LogP contribution in [0.1, 0.15) is 51.0 Å². The van der Waals surface area contributed by atoms with Gasteiger partial charge in [-0.1, -0.05) is 13.0 Å². The normalized spacial score (nSPS) is 19.6. The number of methoxy groups -OCH3 is 1. The highest BCUT2D eigenvalue weighted by atomic mass is 16.5. The van der Waals surface area contributed by atoms with E-state index in [1.807, 2.05) is 6.07 Å². The maximum absolute atomic E-state index is 12.1. The van der Waals surface area contributed by atoms with Gasteiger partial charge in [-0.3, -0.25) is 9.59 Å². The zero-order valence-corrected chi connectivity index (χ0v) is 16.1. The molecule has 0 aliphatic heterocycles. The Bertz CT molecular complexity index is 663. The topological polar surface area (TPSA) is 84.9 Å². The first kappa shape index (κ1) is 20.8. The number of carbonyl (C=O) groups is 2. The second-order valence-corrected chi connectivity index (χ2v) is 7.05. The van der Waals surface area contributed by atoms with Crippen molar-refractivity contribution in [1.29, 1.82) is 0 Å². The maximum Gasteiger partial charge on any atom is 0.303 e. The van der Waals surface area contributed by atoms with Gasteiger partial charge in [-0.05, 0) is 61.8 Å². The molecule has 0 heterocycles. The highest BCUT2D eigenvalue weighted by Gasteiger charge is 2.18. The van der Waals surface area contributed by atoms with Gasteiger partial charge in [-0.2, -0.15) is 0 Å². The van der Waals surface area contributed by atoms with Crippen molar-refractivity contribution >= 4 is 18.0 Å². The summed E-state index contributed by atoms with van der Waals surface area (Å²) in [6.45, 7) is 2.56. The van der Waals surface area contributed by atoms with Gasteiger partial charge in [0.2, 0.25) is 5.91 Å². The molecule has 1 saturated carbocycles. The molecule has 1 amide bonds. The summed E-state index contributed by atoms with van der Waals surface area (Å²) in [5.74, 6) is 0.940. The van der Waals surface area contributed by atoms with Crippen LogP contribution >= 0.6 is 0 Å². The molecule has 0 spiro atoms. The number of ether oxygens (including phenoxy) is 2. The van der Waals surface area contributed by atoms with Crippen LogP contribution in [-0.2, 0) is 9.59 Å². The first-order valence-electron chi connectivity index (χ1n) is 9.49. The van der Waals surface area contributed by atoms with Crippen LogP contribution < -0.4 is 14.8 Å². The number of carbonyl (C=O) groups excluding carboxylic acids is 1. The zero-order chi connectivity index (χ0) is 19.6. The van der Waals surface area contributed by atoms with Crippen LogP contribution in [0.3, 0.4) is 0 Å². The Morgan fingerprint density at radius 1 is 1.22 bits per heavy atom. The zero-order valence-electron chi connectivity index (χ0n) is 16.1. The monoisotopic (exact) mass is 375 g/mol. The lowest BCUT2D eigenvalue weighted by atomic mass is 9.87. The van der Waals surface area contributed by atoms with Crippen molar-refractivity contribution in [3.05, 3.63) is 29.8 Å². The number of rotatable bonds is 9. The Morgan fingerprint density at radius 2 is 1.96 bits per heavy atom. The van der Waals surface area contributed by atoms with Crippen molar-refractivity contribution in [3.8, 4) is 11.5 Å². The van der Waals surface area contributed by atoms with E-state index in [-0.39, 0.29) is 18.4 Å². The highest BCUT2D eigenvalue weighted by molar-refractivity contribution is 5.92. The standard InChI is InChI=1S/C21H29NO5/c1-15-5-9-17(10-6-15)22-20(23)12-8-16-7-11-18(19(14-16)26-2)27-13-3-4-21(24)25/h7-8,11-12,14-15,17H,3-6,9-10,13H2,1-2H3,(H,22,23)(H,24,25)/t15-,17-. The molecule has 1 aromatic carbocycles. The molecule has 0 aromatic heterocycles. The second kappa shape index (κ2) is 10.6. The molecule has 1 fully saturated rings. The Labute approximate surface area is 160 Å². The van der Waals surface area contributed by atoms with E-state index in [9.17, 15) is 9.59 Å². The summed E-state index contributed by atoms with van der Waals surface area (Å²) in [4.78, 5) is 22.6. The van der Waals surface area contributed by atoms with Gasteiger partial charge in [0.05, 0.1) is 13.7 Å². The van der Waals surface area contributed by atoms with Crippen molar-refractivity contribution in [2.75, 3.05) is 13.7 Å². The molecule has 1 aromatic rings. The van der Waals surface area contributed by atoms with Gasteiger partial charge in [0.1, 0.15) is 0 Å². The van der Waals surface area contributed by atoms with Crippen LogP contribution in [0.25, 0.3) is 6.08 Å². The first-order valence-corrected chi connectivity index (χ1v) is 9.49. The number of carboxylic acid groups (broad SMARTS) is 1. The minimum Gasteiger partial charge on any atom is -0.493 e. The highest BCUT2D eigenvalue weighted by Crippen LogP contribution is 2.29. The molecule has 1 aliphatic rings. The lowest BCUT2D eigenvalue weighted by Crippen LogP contribution is -2.36. The van der Waals surface area contributed by atoms with E-state index >= 15 is 0 Å². The third kappa shape index (κ3) is 7.33. The maximum atomic E-state index is 12.1. The number of amides is 1. The fourth-order valence-electron chi connectivity index (χ4n) is 3.14. The van der Waals surface area contributed by atoms with Gasteiger partial charge in [0.25, 0.3) is 0 Å². The molecule has 6 nitrogen and oxygen atoms in total. The molecule has 1 aliphatic carbocycles. The molecule has 0 unspecified atom stereocenters. The summed E-state index contributed by atoms with van der Waals surface area (Å²) in [6, 6.07) is 5.66. The fraction of sp³-hybridized carbons (Fsp3) is 0.524. The van der Waals surface area contributed by atoms with Crippen LogP contribution in [0.5, 0.6) is 11.5 Å². The van der Waals surface area contributed by atoms with E-state index in [1.165, 1.54) is 12.8 Å². The molecule has 27 heavy (non-hydrogen) atoms. The summed E-state index contributed by atoms with van der Waals surface area (Å²) in [7, 11) is 1.55. The van der Waals surface area contributed by atoms with Crippen molar-refractivity contribution < 1.29 is 24.2 Å². The summed E-state index contributed by atoms with van der Waals surface area (Å²) < 4.78 is 10.9. The Kier molecular flexibility index (Phi) is 8.17. The second-order valence-electron chi connectivity index (χ2n) is 7.05. The molecule has 6 heteroatoms. The Morgan fingerprint density at radius 3 is 2.63 bits per heavy atom. The first-order chi connectivity index (χ1) is 13.0. The van der Waals surface area contributed by atoms with Gasteiger partial charge in [0.15, 0.2) is 11.5 Å². The summed E-state index contributed by atoms with van der Waals surface area (Å²) >= 11 is 0. The lowest BCUT2D eigenvalue weighted by Gasteiger charge is -2.26. The van der Waals surface area contributed by atoms with Gasteiger partial charge >= 0.3 is 5.97 Å². The molecule has 2 rings (SSSR count). The largest absolute Gasteiger partial charge is 0.493 e. The van der Waals surface area contributed by atoms with Gasteiger partial charge in [-0.25, -0.2) is 0 Å². The van der Waals surface area contributed by atoms with Crippen LogP contribution in [0.2, 0.25) is 0 Å². The third-order valence-corrected chi connectivity index (χ3v) is 4.77. The van der Waals surface area contributed by atoms with Gasteiger partial charge in [0, 0.05) is 18.5 Å². The van der Waals surface area contributed by atoms with E-state index in [2.05, 4.69) is 12.2 Å². The summed E-state index contributed by atoms with van der Waals surface area (Å²) in [5, 5.41) is 11.7. The van der Waals surface area contributed by atoms with Crippen molar-refractivity contribution in [3.63, 3.8) is 0 Å². The number of hydrogen-bond acceptors (Lipinski definition) is 4. The summed E-state index contributed by atoms with van der Waals surface area (Å²) in [5.41, 5.74) is 0.831. The number of nitrogens with one attached hydrogen (secondary N) is 1. The minimum atomic E-state index is -0.841. The number of benzene rings is 1. The van der Waals surface area contributed by atoms with Crippen LogP contribution in [0.15, 0.2) is 24.3 Å². The Hall–Kier alpha value is -2.50. The molecule has 2 N–H and O–H groups in total. The van der Waals surface area contributed by atoms with Crippen molar-refractivity contribution in [2.24, 2.45) is 5.92 Å². The number of hydrogen-bond donors (Lipinski definition) is 2. The molecule has 0 atom stereocenters.